The van der Waals surface area contributed by atoms with Gasteiger partial charge in [-0.3, -0.25) is 5.84 Å². The molecule has 0 aliphatic rings. The third kappa shape index (κ3) is 2.92. The molecule has 1 unspecified atom stereocenters. The summed E-state index contributed by atoms with van der Waals surface area (Å²) in [7, 11) is -3.68. The average Bonchev–Trinajstić information content (AvgIpc) is 2.92. The molecule has 0 bridgehead atoms. The van der Waals surface area contributed by atoms with Gasteiger partial charge in [0.1, 0.15) is 10.7 Å². The Morgan fingerprint density at radius 1 is 1.37 bits per heavy atom. The van der Waals surface area contributed by atoms with Gasteiger partial charge in [0.15, 0.2) is 0 Å². The molecular weight excluding hydrogens is 266 g/mol. The van der Waals surface area contributed by atoms with Crippen molar-refractivity contribution in [3.8, 4) is 0 Å². The largest absolute Gasteiger partial charge is 0.347 e. The predicted octanol–water partition coefficient (Wildman–Crippen LogP) is 0.735. The highest BCUT2D eigenvalue weighted by molar-refractivity contribution is 7.89. The molecule has 7 nitrogen and oxygen atoms in total. The Hall–Kier alpha value is -1.90. The van der Waals surface area contributed by atoms with E-state index in [1.54, 1.807) is 37.5 Å². The maximum atomic E-state index is 12.3. The van der Waals surface area contributed by atoms with Crippen LogP contribution < -0.4 is 16.0 Å². The van der Waals surface area contributed by atoms with Crippen LogP contribution >= 0.6 is 0 Å². The number of aromatic nitrogens is 2. The molecule has 1 heterocycles. The normalized spacial score (nSPS) is 13.2. The summed E-state index contributed by atoms with van der Waals surface area (Å²) in [6, 6.07) is 5.93. The van der Waals surface area contributed by atoms with Crippen molar-refractivity contribution in [3.63, 3.8) is 0 Å². The van der Waals surface area contributed by atoms with E-state index in [1.165, 1.54) is 6.07 Å². The summed E-state index contributed by atoms with van der Waals surface area (Å²) in [6.07, 6.45) is 3.20. The Labute approximate surface area is 111 Å². The number of nitrogens with two attached hydrogens (primary N) is 1. The van der Waals surface area contributed by atoms with Crippen LogP contribution in [0.15, 0.2) is 41.6 Å². The molecule has 5 N–H and O–H groups in total. The van der Waals surface area contributed by atoms with Gasteiger partial charge in [0, 0.05) is 12.4 Å². The van der Waals surface area contributed by atoms with Crippen LogP contribution in [-0.4, -0.2) is 18.4 Å². The zero-order chi connectivity index (χ0) is 13.9. The lowest BCUT2D eigenvalue weighted by atomic mass is 10.3. The molecule has 0 aliphatic carbocycles. The Morgan fingerprint density at radius 3 is 2.74 bits per heavy atom. The SMILES string of the molecule is CC(NS(=O)(=O)c1ccccc1NN)c1ncc[nH]1. The highest BCUT2D eigenvalue weighted by Crippen LogP contribution is 2.21. The van der Waals surface area contributed by atoms with Crippen molar-refractivity contribution in [2.24, 2.45) is 5.84 Å². The molecule has 0 spiro atoms. The average molecular weight is 281 g/mol. The lowest BCUT2D eigenvalue weighted by Gasteiger charge is -2.14. The van der Waals surface area contributed by atoms with Crippen molar-refractivity contribution in [3.05, 3.63) is 42.5 Å². The number of sulfonamides is 1. The number of rotatable bonds is 5. The predicted molar refractivity (Wildman–Crippen MR) is 71.6 cm³/mol. The van der Waals surface area contributed by atoms with Gasteiger partial charge in [-0.2, -0.15) is 0 Å². The van der Waals surface area contributed by atoms with E-state index in [4.69, 9.17) is 5.84 Å². The summed E-state index contributed by atoms with van der Waals surface area (Å²) in [5, 5.41) is 0. The molecule has 1 aromatic heterocycles. The van der Waals surface area contributed by atoms with Gasteiger partial charge in [0.05, 0.1) is 11.7 Å². The van der Waals surface area contributed by atoms with Gasteiger partial charge in [0.2, 0.25) is 10.0 Å². The van der Waals surface area contributed by atoms with Crippen LogP contribution in [0.2, 0.25) is 0 Å². The van der Waals surface area contributed by atoms with E-state index in [0.717, 1.165) is 0 Å². The highest BCUT2D eigenvalue weighted by Gasteiger charge is 2.22. The second-order valence-corrected chi connectivity index (χ2v) is 5.64. The van der Waals surface area contributed by atoms with Crippen LogP contribution in [0.3, 0.4) is 0 Å². The van der Waals surface area contributed by atoms with E-state index in [1.807, 2.05) is 0 Å². The summed E-state index contributed by atoms with van der Waals surface area (Å²) in [5.41, 5.74) is 2.70. The smallest absolute Gasteiger partial charge is 0.243 e. The zero-order valence-corrected chi connectivity index (χ0v) is 11.1. The van der Waals surface area contributed by atoms with Gasteiger partial charge in [0.25, 0.3) is 0 Å². The minimum Gasteiger partial charge on any atom is -0.347 e. The lowest BCUT2D eigenvalue weighted by molar-refractivity contribution is 0.561. The molecule has 8 heteroatoms. The Balaban J connectivity index is 2.28. The Bertz CT molecular complexity index is 639. The number of nitrogens with zero attached hydrogens (tertiary/aromatic N) is 1. The fourth-order valence-corrected chi connectivity index (χ4v) is 3.06. The van der Waals surface area contributed by atoms with E-state index in [0.29, 0.717) is 11.5 Å². The fourth-order valence-electron chi connectivity index (χ4n) is 1.69. The summed E-state index contributed by atoms with van der Waals surface area (Å²) in [6.45, 7) is 1.70. The summed E-state index contributed by atoms with van der Waals surface area (Å²) in [5.74, 6) is 5.86. The number of imidazole rings is 1. The third-order valence-electron chi connectivity index (χ3n) is 2.59. The van der Waals surface area contributed by atoms with Crippen LogP contribution in [0.25, 0.3) is 0 Å². The first-order chi connectivity index (χ1) is 9.04. The fraction of sp³-hybridized carbons (Fsp3) is 0.182. The minimum atomic E-state index is -3.68. The number of para-hydroxylation sites is 1. The van der Waals surface area contributed by atoms with Crippen LogP contribution in [0, 0.1) is 0 Å². The molecule has 19 heavy (non-hydrogen) atoms. The molecule has 102 valence electrons. The number of aromatic amines is 1. The maximum absolute atomic E-state index is 12.3. The second kappa shape index (κ2) is 5.39. The Morgan fingerprint density at radius 2 is 2.11 bits per heavy atom. The molecule has 2 aromatic rings. The topological polar surface area (TPSA) is 113 Å². The van der Waals surface area contributed by atoms with Crippen molar-refractivity contribution in [2.75, 3.05) is 5.43 Å². The van der Waals surface area contributed by atoms with Gasteiger partial charge < -0.3 is 10.4 Å². The highest BCUT2D eigenvalue weighted by atomic mass is 32.2. The van der Waals surface area contributed by atoms with Crippen LogP contribution in [-0.2, 0) is 10.0 Å². The molecule has 0 saturated carbocycles. The zero-order valence-electron chi connectivity index (χ0n) is 10.3. The number of nitrogens with one attached hydrogen (secondary N) is 3. The monoisotopic (exact) mass is 281 g/mol. The van der Waals surface area contributed by atoms with E-state index in [-0.39, 0.29) is 4.90 Å². The van der Waals surface area contributed by atoms with E-state index in [9.17, 15) is 8.42 Å². The molecule has 0 amide bonds. The number of H-pyrrole nitrogens is 1. The standard InChI is InChI=1S/C11H15N5O2S/c1-8(11-13-6-7-14-11)16-19(17,18)10-5-3-2-4-9(10)15-12/h2-8,15-16H,12H2,1H3,(H,13,14). The van der Waals surface area contributed by atoms with E-state index in [2.05, 4.69) is 20.1 Å². The third-order valence-corrected chi connectivity index (χ3v) is 4.19. The molecule has 0 fully saturated rings. The number of benzene rings is 1. The maximum Gasteiger partial charge on any atom is 0.243 e. The van der Waals surface area contributed by atoms with Crippen molar-refractivity contribution in [2.45, 2.75) is 17.9 Å². The molecular formula is C11H15N5O2S. The van der Waals surface area contributed by atoms with Gasteiger partial charge in [-0.25, -0.2) is 18.1 Å². The summed E-state index contributed by atoms with van der Waals surface area (Å²) in [4.78, 5) is 6.97. The first-order valence-electron chi connectivity index (χ1n) is 5.62. The van der Waals surface area contributed by atoms with Crippen molar-refractivity contribution >= 4 is 15.7 Å². The van der Waals surface area contributed by atoms with Gasteiger partial charge in [-0.15, -0.1) is 0 Å². The van der Waals surface area contributed by atoms with Crippen molar-refractivity contribution in [1.29, 1.82) is 0 Å². The van der Waals surface area contributed by atoms with Gasteiger partial charge in [-0.05, 0) is 19.1 Å². The lowest BCUT2D eigenvalue weighted by Crippen LogP contribution is -2.28. The van der Waals surface area contributed by atoms with Crippen LogP contribution in [0.5, 0.6) is 0 Å². The second-order valence-electron chi connectivity index (χ2n) is 3.96. The first-order valence-corrected chi connectivity index (χ1v) is 7.10. The summed E-state index contributed by atoms with van der Waals surface area (Å²) < 4.78 is 27.1. The molecule has 2 rings (SSSR count). The number of hydrogen-bond donors (Lipinski definition) is 4. The molecule has 0 saturated heterocycles. The number of hydrazine groups is 1. The van der Waals surface area contributed by atoms with Crippen LogP contribution in [0.4, 0.5) is 5.69 Å². The quantitative estimate of drug-likeness (QED) is 0.477. The van der Waals surface area contributed by atoms with E-state index >= 15 is 0 Å². The van der Waals surface area contributed by atoms with Crippen LogP contribution in [0.1, 0.15) is 18.8 Å². The number of hydrogen-bond acceptors (Lipinski definition) is 5. The minimum absolute atomic E-state index is 0.0934. The Kier molecular flexibility index (Phi) is 3.84. The van der Waals surface area contributed by atoms with E-state index < -0.39 is 16.1 Å². The molecule has 0 radical (unpaired) electrons. The molecule has 0 aliphatic heterocycles. The first kappa shape index (κ1) is 13.5. The van der Waals surface area contributed by atoms with Crippen molar-refractivity contribution < 1.29 is 8.42 Å². The molecule has 1 aromatic carbocycles. The van der Waals surface area contributed by atoms with Gasteiger partial charge in [-0.1, -0.05) is 12.1 Å². The summed E-state index contributed by atoms with van der Waals surface area (Å²) >= 11 is 0. The molecule has 1 atom stereocenters. The number of anilines is 1. The van der Waals surface area contributed by atoms with Crippen molar-refractivity contribution in [1.82, 2.24) is 14.7 Å². The van der Waals surface area contributed by atoms with Gasteiger partial charge >= 0.3 is 0 Å². The number of nitrogen functional groups attached to an aromatic ring is 1.